The molecule has 0 aliphatic heterocycles. The summed E-state index contributed by atoms with van der Waals surface area (Å²) >= 11 is 6.19. The van der Waals surface area contributed by atoms with Gasteiger partial charge in [-0.2, -0.15) is 0 Å². The van der Waals surface area contributed by atoms with Crippen LogP contribution in [0.15, 0.2) is 126 Å². The van der Waals surface area contributed by atoms with Gasteiger partial charge in [-0.3, -0.25) is 14.6 Å². The minimum Gasteiger partial charge on any atom is -0.508 e. The Morgan fingerprint density at radius 3 is 2.08 bits per heavy atom. The van der Waals surface area contributed by atoms with Crippen molar-refractivity contribution in [3.63, 3.8) is 0 Å². The summed E-state index contributed by atoms with van der Waals surface area (Å²) < 4.78 is 11.1. The smallest absolute Gasteiger partial charge is 0.251 e. The molecule has 0 unspecified atom stereocenters. The van der Waals surface area contributed by atoms with Crippen LogP contribution >= 0.6 is 11.6 Å². The second kappa shape index (κ2) is 20.7. The largest absolute Gasteiger partial charge is 0.508 e. The van der Waals surface area contributed by atoms with E-state index >= 15 is 0 Å². The molecule has 0 saturated carbocycles. The quantitative estimate of drug-likeness (QED) is 0.0347. The van der Waals surface area contributed by atoms with Gasteiger partial charge >= 0.3 is 0 Å². The number of nitrogens with one attached hydrogen (secondary N) is 5. The molecule has 0 bridgehead atoms. The summed E-state index contributed by atoms with van der Waals surface area (Å²) in [6.07, 6.45) is 0. The third kappa shape index (κ3) is 14.0. The average Bonchev–Trinajstić information content (AvgIpc) is 3.13. The van der Waals surface area contributed by atoms with Crippen molar-refractivity contribution in [3.05, 3.63) is 137 Å². The summed E-state index contributed by atoms with van der Waals surface area (Å²) in [6, 6.07) is 29.8. The minimum absolute atomic E-state index is 0.136. The van der Waals surface area contributed by atoms with E-state index in [1.165, 1.54) is 0 Å². The number of ether oxygens (including phenoxy) is 2. The van der Waals surface area contributed by atoms with Gasteiger partial charge in [-0.05, 0) is 79.2 Å². The lowest BCUT2D eigenvalue weighted by atomic mass is 10.1. The molecule has 0 aliphatic carbocycles. The van der Waals surface area contributed by atoms with E-state index in [0.717, 1.165) is 5.56 Å². The maximum Gasteiger partial charge on any atom is 0.251 e. The maximum absolute atomic E-state index is 12.7. The fourth-order valence-electron chi connectivity index (χ4n) is 4.46. The standard InChI is InChI=1S/C38H42ClN7O5/c1-27(40-20-22-50-24-25-51-23-21-41-36(48)29-8-4-3-5-9-29)44-38(46-33-16-18-34(47)19-17-33)45-28(2)43-32-14-12-30(13-15-32)37(49)42-26-31-10-6-7-11-35(31)39/h3-19,43,47H,2,20-26H2,1H3,(H,41,48)(H,42,49)(H2,40,44,45,46). The van der Waals surface area contributed by atoms with E-state index in [0.29, 0.717) is 91.2 Å². The fraction of sp³-hybridized carbons (Fsp3) is 0.211. The van der Waals surface area contributed by atoms with Crippen molar-refractivity contribution >= 4 is 46.6 Å². The van der Waals surface area contributed by atoms with Gasteiger partial charge in [0.15, 0.2) is 0 Å². The number of rotatable bonds is 17. The van der Waals surface area contributed by atoms with Gasteiger partial charge in [0, 0.05) is 40.6 Å². The number of hydrogen-bond acceptors (Lipinski definition) is 7. The molecule has 0 spiro atoms. The molecule has 0 heterocycles. The third-order valence-electron chi connectivity index (χ3n) is 7.03. The number of hydrogen-bond donors (Lipinski definition) is 6. The van der Waals surface area contributed by atoms with E-state index in [-0.39, 0.29) is 17.6 Å². The van der Waals surface area contributed by atoms with Crippen LogP contribution in [0.3, 0.4) is 0 Å². The number of aliphatic imine (C=N–C) groups is 2. The zero-order valence-corrected chi connectivity index (χ0v) is 29.1. The molecule has 13 heteroatoms. The van der Waals surface area contributed by atoms with E-state index in [2.05, 4.69) is 43.1 Å². The van der Waals surface area contributed by atoms with Gasteiger partial charge < -0.3 is 41.2 Å². The highest BCUT2D eigenvalue weighted by Gasteiger charge is 2.09. The van der Waals surface area contributed by atoms with E-state index in [4.69, 9.17) is 21.1 Å². The SMILES string of the molecule is C=C(NC(=NC(C)=NCCOCCOCCNC(=O)c1ccccc1)Nc1ccc(O)cc1)Nc1ccc(C(=O)NCc2ccccc2Cl)cc1. The Kier molecular flexibility index (Phi) is 15.5. The first kappa shape index (κ1) is 38.1. The molecule has 4 rings (SSSR count). The number of halogens is 1. The van der Waals surface area contributed by atoms with Crippen molar-refractivity contribution in [1.82, 2.24) is 16.0 Å². The number of guanidine groups is 1. The summed E-state index contributed by atoms with van der Waals surface area (Å²) in [6.45, 7) is 8.46. The van der Waals surface area contributed by atoms with Gasteiger partial charge in [0.05, 0.1) is 33.0 Å². The normalized spacial score (nSPS) is 11.4. The number of carbonyl (C=O) groups excluding carboxylic acids is 2. The molecular formula is C38H42ClN7O5. The van der Waals surface area contributed by atoms with Gasteiger partial charge in [0.2, 0.25) is 5.96 Å². The van der Waals surface area contributed by atoms with Crippen molar-refractivity contribution in [2.45, 2.75) is 13.5 Å². The van der Waals surface area contributed by atoms with Crippen LogP contribution < -0.4 is 26.6 Å². The van der Waals surface area contributed by atoms with Crippen LogP contribution in [-0.4, -0.2) is 68.2 Å². The lowest BCUT2D eigenvalue weighted by molar-refractivity contribution is 0.0512. The van der Waals surface area contributed by atoms with Crippen molar-refractivity contribution in [2.24, 2.45) is 9.98 Å². The summed E-state index contributed by atoms with van der Waals surface area (Å²) in [5.41, 5.74) is 3.31. The number of aromatic hydroxyl groups is 1. The highest BCUT2D eigenvalue weighted by atomic mass is 35.5. The van der Waals surface area contributed by atoms with E-state index in [9.17, 15) is 14.7 Å². The Hall–Kier alpha value is -5.69. The zero-order chi connectivity index (χ0) is 36.3. The van der Waals surface area contributed by atoms with Gasteiger partial charge in [-0.15, -0.1) is 0 Å². The summed E-state index contributed by atoms with van der Waals surface area (Å²) in [5, 5.41) is 25.4. The number of benzene rings is 4. The lowest BCUT2D eigenvalue weighted by Crippen LogP contribution is -2.33. The van der Waals surface area contributed by atoms with Crippen LogP contribution in [0.4, 0.5) is 11.4 Å². The highest BCUT2D eigenvalue weighted by Crippen LogP contribution is 2.16. The molecule has 0 aliphatic rings. The lowest BCUT2D eigenvalue weighted by Gasteiger charge is -2.16. The number of anilines is 2. The Morgan fingerprint density at radius 1 is 0.745 bits per heavy atom. The Balaban J connectivity index is 1.21. The molecule has 12 nitrogen and oxygen atoms in total. The molecule has 6 N–H and O–H groups in total. The van der Waals surface area contributed by atoms with Gasteiger partial charge in [-0.1, -0.05) is 54.6 Å². The van der Waals surface area contributed by atoms with Crippen LogP contribution in [0.1, 0.15) is 33.2 Å². The average molecular weight is 712 g/mol. The van der Waals surface area contributed by atoms with Crippen LogP contribution in [0.2, 0.25) is 5.02 Å². The van der Waals surface area contributed by atoms with Crippen molar-refractivity contribution in [1.29, 1.82) is 0 Å². The predicted molar refractivity (Wildman–Crippen MR) is 203 cm³/mol. The number of phenolic OH excluding ortho intramolecular Hbond substituents is 1. The van der Waals surface area contributed by atoms with Crippen LogP contribution in [0.5, 0.6) is 5.75 Å². The topological polar surface area (TPSA) is 158 Å². The molecule has 0 atom stereocenters. The number of amides is 2. The first-order valence-corrected chi connectivity index (χ1v) is 16.6. The Labute approximate surface area is 302 Å². The zero-order valence-electron chi connectivity index (χ0n) is 28.3. The molecule has 266 valence electrons. The molecule has 0 aromatic heterocycles. The first-order valence-electron chi connectivity index (χ1n) is 16.3. The number of amidine groups is 1. The van der Waals surface area contributed by atoms with E-state index < -0.39 is 0 Å². The third-order valence-corrected chi connectivity index (χ3v) is 7.40. The number of phenols is 1. The molecule has 4 aromatic carbocycles. The second-order valence-corrected chi connectivity index (χ2v) is 11.4. The van der Waals surface area contributed by atoms with Crippen molar-refractivity contribution < 1.29 is 24.2 Å². The van der Waals surface area contributed by atoms with Gasteiger partial charge in [0.1, 0.15) is 17.4 Å². The first-order chi connectivity index (χ1) is 24.8. The summed E-state index contributed by atoms with van der Waals surface area (Å²) in [4.78, 5) is 33.7. The van der Waals surface area contributed by atoms with Crippen molar-refractivity contribution in [3.8, 4) is 5.75 Å². The Morgan fingerprint density at radius 2 is 1.35 bits per heavy atom. The van der Waals surface area contributed by atoms with Crippen LogP contribution in [0, 0.1) is 0 Å². The maximum atomic E-state index is 12.7. The van der Waals surface area contributed by atoms with Gasteiger partial charge in [-0.25, -0.2) is 4.99 Å². The second-order valence-electron chi connectivity index (χ2n) is 11.0. The Bertz CT molecular complexity index is 1780. The molecule has 0 fully saturated rings. The molecule has 4 aromatic rings. The number of nitrogens with zero attached hydrogens (tertiary/aromatic N) is 2. The highest BCUT2D eigenvalue weighted by molar-refractivity contribution is 6.31. The minimum atomic E-state index is -0.221. The van der Waals surface area contributed by atoms with E-state index in [1.54, 1.807) is 73.7 Å². The number of carbonyl (C=O) groups is 2. The molecule has 2 amide bonds. The van der Waals surface area contributed by atoms with Gasteiger partial charge in [0.25, 0.3) is 11.8 Å². The monoisotopic (exact) mass is 711 g/mol. The van der Waals surface area contributed by atoms with E-state index in [1.807, 2.05) is 36.4 Å². The molecule has 0 radical (unpaired) electrons. The van der Waals surface area contributed by atoms with Crippen molar-refractivity contribution in [2.75, 3.05) is 50.2 Å². The van der Waals surface area contributed by atoms with Crippen LogP contribution in [-0.2, 0) is 16.0 Å². The van der Waals surface area contributed by atoms with Crippen LogP contribution in [0.25, 0.3) is 0 Å². The fourth-order valence-corrected chi connectivity index (χ4v) is 4.66. The summed E-state index contributed by atoms with van der Waals surface area (Å²) in [7, 11) is 0. The molecule has 51 heavy (non-hydrogen) atoms. The predicted octanol–water partition coefficient (Wildman–Crippen LogP) is 5.80. The summed E-state index contributed by atoms with van der Waals surface area (Å²) in [5.74, 6) is 1.01. The molecular weight excluding hydrogens is 670 g/mol. The molecule has 0 saturated heterocycles.